The number of benzene rings is 1. The van der Waals surface area contributed by atoms with Gasteiger partial charge in [-0.2, -0.15) is 0 Å². The highest BCUT2D eigenvalue weighted by Gasteiger charge is 2.34. The minimum Gasteiger partial charge on any atom is -0.352 e. The number of carbonyl (C=O) groups is 2. The number of halogens is 1. The van der Waals surface area contributed by atoms with Gasteiger partial charge < -0.3 is 16.4 Å². The van der Waals surface area contributed by atoms with E-state index in [1.165, 1.54) is 0 Å². The van der Waals surface area contributed by atoms with Gasteiger partial charge in [0.15, 0.2) is 0 Å². The van der Waals surface area contributed by atoms with Crippen LogP contribution in [0.2, 0.25) is 0 Å². The summed E-state index contributed by atoms with van der Waals surface area (Å²) in [5, 5.41) is 5.68. The molecule has 0 heterocycles. The Kier molecular flexibility index (Phi) is 7.52. The lowest BCUT2D eigenvalue weighted by molar-refractivity contribution is -0.127. The Morgan fingerprint density at radius 3 is 2.52 bits per heavy atom. The van der Waals surface area contributed by atoms with Gasteiger partial charge in [0.05, 0.1) is 5.54 Å². The summed E-state index contributed by atoms with van der Waals surface area (Å²) in [5.74, 6) is -0.186. The third-order valence-electron chi connectivity index (χ3n) is 4.18. The molecule has 0 aliphatic heterocycles. The second kappa shape index (κ2) is 8.89. The van der Waals surface area contributed by atoms with Crippen molar-refractivity contribution in [2.24, 2.45) is 5.73 Å². The lowest BCUT2D eigenvalue weighted by atomic mass is 9.82. The van der Waals surface area contributed by atoms with E-state index in [4.69, 9.17) is 5.73 Å². The Morgan fingerprint density at radius 2 is 1.87 bits per heavy atom. The molecule has 1 aromatic rings. The maximum absolute atomic E-state index is 12.3. The van der Waals surface area contributed by atoms with Gasteiger partial charge >= 0.3 is 0 Å². The number of nitrogens with two attached hydrogens (primary N) is 1. The van der Waals surface area contributed by atoms with Gasteiger partial charge in [-0.25, -0.2) is 0 Å². The van der Waals surface area contributed by atoms with E-state index in [-0.39, 0.29) is 24.2 Å². The lowest BCUT2D eigenvalue weighted by Gasteiger charge is -2.31. The van der Waals surface area contributed by atoms with E-state index in [1.807, 2.05) is 19.1 Å². The topological polar surface area (TPSA) is 84.2 Å². The van der Waals surface area contributed by atoms with E-state index in [1.54, 1.807) is 12.1 Å². The third kappa shape index (κ3) is 5.22. The molecule has 23 heavy (non-hydrogen) atoms. The molecule has 6 heteroatoms. The summed E-state index contributed by atoms with van der Waals surface area (Å²) >= 11 is 0. The summed E-state index contributed by atoms with van der Waals surface area (Å²) in [4.78, 5) is 24.1. The lowest BCUT2D eigenvalue weighted by Crippen LogP contribution is -2.54. The molecule has 0 atom stereocenters. The SMILES string of the molecule is CCNC(=O)c1cccc(CNC(=O)C2(N)CCCCC2)c1.Cl. The molecular weight excluding hydrogens is 314 g/mol. The first kappa shape index (κ1) is 19.5. The number of hydrogen-bond acceptors (Lipinski definition) is 3. The maximum Gasteiger partial charge on any atom is 0.251 e. The molecule has 4 N–H and O–H groups in total. The smallest absolute Gasteiger partial charge is 0.251 e. The second-order valence-electron chi connectivity index (χ2n) is 5.96. The van der Waals surface area contributed by atoms with Crippen molar-refractivity contribution in [1.29, 1.82) is 0 Å². The van der Waals surface area contributed by atoms with Crippen LogP contribution in [-0.2, 0) is 11.3 Å². The molecule has 2 amide bonds. The van der Waals surface area contributed by atoms with E-state index in [0.29, 0.717) is 18.7 Å². The highest BCUT2D eigenvalue weighted by Crippen LogP contribution is 2.26. The van der Waals surface area contributed by atoms with Crippen LogP contribution < -0.4 is 16.4 Å². The Hall–Kier alpha value is -1.59. The number of rotatable bonds is 5. The Morgan fingerprint density at radius 1 is 1.17 bits per heavy atom. The standard InChI is InChI=1S/C17H25N3O2.ClH/c1-2-19-15(21)14-8-6-7-13(11-14)12-20-16(22)17(18)9-4-3-5-10-17;/h6-8,11H,2-5,9-10,12,18H2,1H3,(H,19,21)(H,20,22);1H. The van der Waals surface area contributed by atoms with Crippen LogP contribution in [0.15, 0.2) is 24.3 Å². The van der Waals surface area contributed by atoms with Crippen molar-refractivity contribution >= 4 is 24.2 Å². The molecule has 1 aliphatic carbocycles. The molecule has 0 saturated heterocycles. The van der Waals surface area contributed by atoms with E-state index < -0.39 is 5.54 Å². The van der Waals surface area contributed by atoms with Crippen molar-refractivity contribution in [3.63, 3.8) is 0 Å². The predicted molar refractivity (Wildman–Crippen MR) is 93.5 cm³/mol. The minimum absolute atomic E-state index is 0. The molecule has 128 valence electrons. The van der Waals surface area contributed by atoms with Crippen molar-refractivity contribution < 1.29 is 9.59 Å². The maximum atomic E-state index is 12.3. The number of hydrogen-bond donors (Lipinski definition) is 3. The van der Waals surface area contributed by atoms with Gasteiger partial charge in [0, 0.05) is 18.7 Å². The van der Waals surface area contributed by atoms with Crippen LogP contribution in [0.4, 0.5) is 0 Å². The van der Waals surface area contributed by atoms with Crippen LogP contribution >= 0.6 is 12.4 Å². The molecule has 0 aromatic heterocycles. The summed E-state index contributed by atoms with van der Waals surface area (Å²) < 4.78 is 0. The summed E-state index contributed by atoms with van der Waals surface area (Å²) in [5.41, 5.74) is 6.99. The zero-order valence-electron chi connectivity index (χ0n) is 13.6. The first-order valence-corrected chi connectivity index (χ1v) is 7.99. The van der Waals surface area contributed by atoms with Crippen molar-refractivity contribution in [1.82, 2.24) is 10.6 Å². The molecule has 0 radical (unpaired) electrons. The molecule has 1 saturated carbocycles. The summed E-state index contributed by atoms with van der Waals surface area (Å²) in [7, 11) is 0. The highest BCUT2D eigenvalue weighted by molar-refractivity contribution is 5.94. The Bertz CT molecular complexity index is 542. The number of carbonyl (C=O) groups excluding carboxylic acids is 2. The summed E-state index contributed by atoms with van der Waals surface area (Å²) in [6.45, 7) is 2.87. The van der Waals surface area contributed by atoms with Gasteiger partial charge in [0.25, 0.3) is 5.91 Å². The summed E-state index contributed by atoms with van der Waals surface area (Å²) in [6, 6.07) is 7.29. The van der Waals surface area contributed by atoms with Gasteiger partial charge in [-0.15, -0.1) is 12.4 Å². The van der Waals surface area contributed by atoms with E-state index in [2.05, 4.69) is 10.6 Å². The largest absolute Gasteiger partial charge is 0.352 e. The Balaban J connectivity index is 0.00000264. The molecule has 1 aliphatic rings. The zero-order valence-corrected chi connectivity index (χ0v) is 14.4. The fourth-order valence-corrected chi connectivity index (χ4v) is 2.85. The number of amides is 2. The van der Waals surface area contributed by atoms with Crippen molar-refractivity contribution in [2.75, 3.05) is 6.54 Å². The quantitative estimate of drug-likeness (QED) is 0.768. The van der Waals surface area contributed by atoms with Crippen LogP contribution in [0.3, 0.4) is 0 Å². The van der Waals surface area contributed by atoms with E-state index in [9.17, 15) is 9.59 Å². The fraction of sp³-hybridized carbons (Fsp3) is 0.529. The van der Waals surface area contributed by atoms with Crippen molar-refractivity contribution in [3.05, 3.63) is 35.4 Å². The van der Waals surface area contributed by atoms with Gasteiger partial charge in [-0.3, -0.25) is 9.59 Å². The third-order valence-corrected chi connectivity index (χ3v) is 4.18. The monoisotopic (exact) mass is 339 g/mol. The number of nitrogens with one attached hydrogen (secondary N) is 2. The average Bonchev–Trinajstić information content (AvgIpc) is 2.54. The molecule has 2 rings (SSSR count). The van der Waals surface area contributed by atoms with Crippen LogP contribution in [0, 0.1) is 0 Å². The fourth-order valence-electron chi connectivity index (χ4n) is 2.85. The molecule has 0 spiro atoms. The molecule has 0 bridgehead atoms. The molecule has 1 aromatic carbocycles. The molecule has 5 nitrogen and oxygen atoms in total. The summed E-state index contributed by atoms with van der Waals surface area (Å²) in [6.07, 6.45) is 4.67. The van der Waals surface area contributed by atoms with E-state index >= 15 is 0 Å². The normalized spacial score (nSPS) is 16.1. The minimum atomic E-state index is -0.727. The first-order valence-electron chi connectivity index (χ1n) is 7.99. The van der Waals surface area contributed by atoms with Gasteiger partial charge in [-0.05, 0) is 37.5 Å². The first-order chi connectivity index (χ1) is 10.5. The van der Waals surface area contributed by atoms with Gasteiger partial charge in [0.2, 0.25) is 5.91 Å². The van der Waals surface area contributed by atoms with Gasteiger partial charge in [-0.1, -0.05) is 31.4 Å². The highest BCUT2D eigenvalue weighted by atomic mass is 35.5. The van der Waals surface area contributed by atoms with Crippen LogP contribution in [0.25, 0.3) is 0 Å². The van der Waals surface area contributed by atoms with Crippen LogP contribution in [0.1, 0.15) is 54.9 Å². The second-order valence-corrected chi connectivity index (χ2v) is 5.96. The Labute approximate surface area is 143 Å². The van der Waals surface area contributed by atoms with E-state index in [0.717, 1.165) is 37.7 Å². The van der Waals surface area contributed by atoms with Crippen molar-refractivity contribution in [3.8, 4) is 0 Å². The molecule has 1 fully saturated rings. The van der Waals surface area contributed by atoms with Crippen LogP contribution in [-0.4, -0.2) is 23.9 Å². The predicted octanol–water partition coefficient (Wildman–Crippen LogP) is 2.14. The zero-order chi connectivity index (χ0) is 16.0. The van der Waals surface area contributed by atoms with Crippen molar-refractivity contribution in [2.45, 2.75) is 51.1 Å². The van der Waals surface area contributed by atoms with Gasteiger partial charge in [0.1, 0.15) is 0 Å². The molecule has 0 unspecified atom stereocenters. The molecular formula is C17H26ClN3O2. The average molecular weight is 340 g/mol. The van der Waals surface area contributed by atoms with Crippen LogP contribution in [0.5, 0.6) is 0 Å².